The summed E-state index contributed by atoms with van der Waals surface area (Å²) < 4.78 is 17.8. The first-order chi connectivity index (χ1) is 18.9. The molecule has 4 aromatic rings. The van der Waals surface area contributed by atoms with Crippen LogP contribution in [0.1, 0.15) is 34.2 Å². The number of ether oxygens (including phenoxy) is 3. The fourth-order valence-corrected chi connectivity index (χ4v) is 5.03. The number of carbonyl (C=O) groups excluding carboxylic acids is 1. The van der Waals surface area contributed by atoms with Crippen molar-refractivity contribution < 1.29 is 28.9 Å². The molecule has 0 saturated heterocycles. The van der Waals surface area contributed by atoms with Gasteiger partial charge < -0.3 is 24.6 Å². The van der Waals surface area contributed by atoms with Crippen molar-refractivity contribution in [1.82, 2.24) is 5.32 Å². The number of fused-ring (bicyclic) bond motifs is 3. The fourth-order valence-electron chi connectivity index (χ4n) is 4.77. The summed E-state index contributed by atoms with van der Waals surface area (Å²) in [6, 6.07) is 27.1. The highest BCUT2D eigenvalue weighted by atomic mass is 79.9. The van der Waals surface area contributed by atoms with Crippen LogP contribution in [0.15, 0.2) is 95.5 Å². The van der Waals surface area contributed by atoms with Crippen molar-refractivity contribution in [3.05, 3.63) is 118 Å². The number of benzene rings is 4. The van der Waals surface area contributed by atoms with Gasteiger partial charge in [0.05, 0.1) is 7.11 Å². The van der Waals surface area contributed by atoms with E-state index in [2.05, 4.69) is 21.2 Å². The molecule has 1 unspecified atom stereocenters. The van der Waals surface area contributed by atoms with E-state index >= 15 is 0 Å². The van der Waals surface area contributed by atoms with Gasteiger partial charge in [-0.15, -0.1) is 0 Å². The molecule has 1 aliphatic carbocycles. The molecule has 0 heterocycles. The van der Waals surface area contributed by atoms with Gasteiger partial charge in [-0.25, -0.2) is 9.59 Å². The third kappa shape index (κ3) is 5.76. The Labute approximate surface area is 234 Å². The zero-order chi connectivity index (χ0) is 27.4. The van der Waals surface area contributed by atoms with Crippen LogP contribution in [0.2, 0.25) is 0 Å². The second kappa shape index (κ2) is 11.6. The molecule has 1 aliphatic rings. The average Bonchev–Trinajstić information content (AvgIpc) is 3.28. The van der Waals surface area contributed by atoms with Gasteiger partial charge in [0.2, 0.25) is 0 Å². The molecular weight excluding hydrogens is 562 g/mol. The first-order valence-electron chi connectivity index (χ1n) is 12.3. The van der Waals surface area contributed by atoms with E-state index in [9.17, 15) is 14.7 Å². The second-order valence-corrected chi connectivity index (χ2v) is 9.98. The van der Waals surface area contributed by atoms with E-state index in [1.807, 2.05) is 72.8 Å². The van der Waals surface area contributed by atoms with Gasteiger partial charge in [-0.2, -0.15) is 0 Å². The number of amides is 1. The van der Waals surface area contributed by atoms with Crippen molar-refractivity contribution in [2.75, 3.05) is 13.7 Å². The Kier molecular flexibility index (Phi) is 7.84. The second-order valence-electron chi connectivity index (χ2n) is 9.07. The van der Waals surface area contributed by atoms with E-state index in [0.29, 0.717) is 23.7 Å². The number of carboxylic acids is 1. The number of rotatable bonds is 9. The molecule has 0 saturated carbocycles. The van der Waals surface area contributed by atoms with Gasteiger partial charge in [0.1, 0.15) is 13.2 Å². The van der Waals surface area contributed by atoms with Gasteiger partial charge in [0.25, 0.3) is 0 Å². The lowest BCUT2D eigenvalue weighted by Crippen LogP contribution is -2.34. The standard InChI is InChI=1S/C31H26BrNO6/c1-37-28-16-20(12-15-27(28)38-17-19-10-13-21(32)14-11-19)29(30(34)35)33-31(36)39-18-26-24-8-4-2-6-22(24)23-7-3-5-9-25(23)26/h2-16,26,29H,17-18H2,1H3,(H,33,36)(H,34,35). The molecule has 8 heteroatoms. The van der Waals surface area contributed by atoms with Crippen LogP contribution in [-0.4, -0.2) is 30.9 Å². The molecule has 0 spiro atoms. The monoisotopic (exact) mass is 587 g/mol. The Balaban J connectivity index is 1.26. The summed E-state index contributed by atoms with van der Waals surface area (Å²) in [6.45, 7) is 0.391. The smallest absolute Gasteiger partial charge is 0.408 e. The van der Waals surface area contributed by atoms with E-state index in [0.717, 1.165) is 32.3 Å². The molecule has 198 valence electrons. The molecule has 2 N–H and O–H groups in total. The quantitative estimate of drug-likeness (QED) is 0.226. The van der Waals surface area contributed by atoms with E-state index in [-0.39, 0.29) is 12.5 Å². The van der Waals surface area contributed by atoms with Gasteiger partial charge >= 0.3 is 12.1 Å². The van der Waals surface area contributed by atoms with E-state index in [1.54, 1.807) is 18.2 Å². The van der Waals surface area contributed by atoms with Crippen LogP contribution in [0.3, 0.4) is 0 Å². The lowest BCUT2D eigenvalue weighted by Gasteiger charge is -2.19. The number of carboxylic acid groups (broad SMARTS) is 1. The first kappa shape index (κ1) is 26.3. The third-order valence-corrected chi connectivity index (χ3v) is 7.21. The molecule has 1 amide bonds. The SMILES string of the molecule is COc1cc(C(NC(=O)OCC2c3ccccc3-c3ccccc32)C(=O)O)ccc1OCc1ccc(Br)cc1. The van der Waals surface area contributed by atoms with Crippen molar-refractivity contribution >= 4 is 28.0 Å². The summed E-state index contributed by atoms with van der Waals surface area (Å²) in [5.41, 5.74) is 5.66. The van der Waals surface area contributed by atoms with Gasteiger partial charge in [-0.05, 0) is 57.6 Å². The molecule has 5 rings (SSSR count). The zero-order valence-electron chi connectivity index (χ0n) is 21.1. The Hall–Kier alpha value is -4.30. The minimum atomic E-state index is -1.34. The molecule has 4 aromatic carbocycles. The summed E-state index contributed by atoms with van der Waals surface area (Å²) in [6.07, 6.45) is -0.821. The minimum absolute atomic E-state index is 0.0817. The van der Waals surface area contributed by atoms with E-state index in [4.69, 9.17) is 14.2 Å². The van der Waals surface area contributed by atoms with Gasteiger partial charge in [-0.1, -0.05) is 82.7 Å². The number of methoxy groups -OCH3 is 1. The summed E-state index contributed by atoms with van der Waals surface area (Å²) in [7, 11) is 1.47. The lowest BCUT2D eigenvalue weighted by atomic mass is 9.98. The predicted octanol–water partition coefficient (Wildman–Crippen LogP) is 6.70. The third-order valence-electron chi connectivity index (χ3n) is 6.68. The molecule has 0 bridgehead atoms. The zero-order valence-corrected chi connectivity index (χ0v) is 22.7. The number of hydrogen-bond donors (Lipinski definition) is 2. The molecule has 7 nitrogen and oxygen atoms in total. The maximum Gasteiger partial charge on any atom is 0.408 e. The Morgan fingerprint density at radius 1 is 0.897 bits per heavy atom. The summed E-state index contributed by atoms with van der Waals surface area (Å²) in [4.78, 5) is 24.9. The Morgan fingerprint density at radius 2 is 1.54 bits per heavy atom. The molecular formula is C31H26BrNO6. The number of alkyl carbamates (subject to hydrolysis) is 1. The molecule has 0 radical (unpaired) electrons. The van der Waals surface area contributed by atoms with E-state index in [1.165, 1.54) is 7.11 Å². The van der Waals surface area contributed by atoms with Crippen molar-refractivity contribution in [3.8, 4) is 22.6 Å². The molecule has 0 fully saturated rings. The maximum atomic E-state index is 12.8. The fraction of sp³-hybridized carbons (Fsp3) is 0.161. The maximum absolute atomic E-state index is 12.8. The van der Waals surface area contributed by atoms with Crippen LogP contribution in [0.4, 0.5) is 4.79 Å². The minimum Gasteiger partial charge on any atom is -0.493 e. The van der Waals surface area contributed by atoms with E-state index < -0.39 is 18.1 Å². The number of nitrogens with one attached hydrogen (secondary N) is 1. The summed E-state index contributed by atoms with van der Waals surface area (Å²) in [5.74, 6) is -0.553. The van der Waals surface area contributed by atoms with Crippen LogP contribution >= 0.6 is 15.9 Å². The number of hydrogen-bond acceptors (Lipinski definition) is 5. The van der Waals surface area contributed by atoms with Crippen LogP contribution in [0, 0.1) is 0 Å². The Bertz CT molecular complexity index is 1460. The average molecular weight is 588 g/mol. The number of aliphatic carboxylic acids is 1. The van der Waals surface area contributed by atoms with Crippen LogP contribution in [0.25, 0.3) is 11.1 Å². The topological polar surface area (TPSA) is 94.1 Å². The van der Waals surface area contributed by atoms with Crippen molar-refractivity contribution in [2.45, 2.75) is 18.6 Å². The highest BCUT2D eigenvalue weighted by molar-refractivity contribution is 9.10. The van der Waals surface area contributed by atoms with Gasteiger partial charge in [0, 0.05) is 10.4 Å². The highest BCUT2D eigenvalue weighted by Crippen LogP contribution is 2.44. The van der Waals surface area contributed by atoms with Gasteiger partial charge in [0.15, 0.2) is 17.5 Å². The normalized spacial score (nSPS) is 12.7. The van der Waals surface area contributed by atoms with Gasteiger partial charge in [-0.3, -0.25) is 0 Å². The largest absolute Gasteiger partial charge is 0.493 e. The van der Waals surface area contributed by atoms with Crippen molar-refractivity contribution in [3.63, 3.8) is 0 Å². The highest BCUT2D eigenvalue weighted by Gasteiger charge is 2.30. The van der Waals surface area contributed by atoms with Crippen molar-refractivity contribution in [2.24, 2.45) is 0 Å². The molecule has 0 aromatic heterocycles. The first-order valence-corrected chi connectivity index (χ1v) is 13.1. The van der Waals surface area contributed by atoms with Crippen LogP contribution in [0.5, 0.6) is 11.5 Å². The number of carbonyl (C=O) groups is 2. The Morgan fingerprint density at radius 3 is 2.15 bits per heavy atom. The predicted molar refractivity (Wildman–Crippen MR) is 150 cm³/mol. The van der Waals surface area contributed by atoms with Crippen LogP contribution in [-0.2, 0) is 16.1 Å². The lowest BCUT2D eigenvalue weighted by molar-refractivity contribution is -0.139. The molecule has 39 heavy (non-hydrogen) atoms. The molecule has 0 aliphatic heterocycles. The number of halogens is 1. The molecule has 1 atom stereocenters. The van der Waals surface area contributed by atoms with Crippen LogP contribution < -0.4 is 14.8 Å². The summed E-state index contributed by atoms with van der Waals surface area (Å²) in [5, 5.41) is 12.4. The summed E-state index contributed by atoms with van der Waals surface area (Å²) >= 11 is 3.41. The van der Waals surface area contributed by atoms with Crippen molar-refractivity contribution in [1.29, 1.82) is 0 Å².